The van der Waals surface area contributed by atoms with E-state index in [4.69, 9.17) is 9.47 Å². The number of aromatic nitrogens is 2. The lowest BCUT2D eigenvalue weighted by molar-refractivity contribution is 0.215. The van der Waals surface area contributed by atoms with E-state index in [1.165, 1.54) is 0 Å². The average Bonchev–Trinajstić information content (AvgIpc) is 1.98. The largest absolute Gasteiger partial charge is 0.476 e. The molecule has 0 unspecified atom stereocenters. The highest BCUT2D eigenvalue weighted by molar-refractivity contribution is 5.18. The zero-order chi connectivity index (χ0) is 11.4. The molecule has 0 spiro atoms. The van der Waals surface area contributed by atoms with Gasteiger partial charge in [-0.25, -0.2) is 4.79 Å². The van der Waals surface area contributed by atoms with Crippen molar-refractivity contribution in [2.45, 2.75) is 39.9 Å². The summed E-state index contributed by atoms with van der Waals surface area (Å²) < 4.78 is 10.6. The first-order valence-electron chi connectivity index (χ1n) is 4.92. The molecular weight excluding hydrogens is 196 g/mol. The van der Waals surface area contributed by atoms with Gasteiger partial charge < -0.3 is 9.47 Å². The number of nitrogens with one attached hydrogen (secondary N) is 1. The highest BCUT2D eigenvalue weighted by Crippen LogP contribution is 2.13. The molecule has 84 valence electrons. The van der Waals surface area contributed by atoms with Crippen LogP contribution in [0, 0.1) is 0 Å². The van der Waals surface area contributed by atoms with Crippen LogP contribution in [0.1, 0.15) is 27.7 Å². The van der Waals surface area contributed by atoms with Crippen LogP contribution in [0.2, 0.25) is 0 Å². The summed E-state index contributed by atoms with van der Waals surface area (Å²) in [5, 5.41) is 0. The second-order valence-corrected chi connectivity index (χ2v) is 3.72. The van der Waals surface area contributed by atoms with Gasteiger partial charge in [-0.15, -0.1) is 0 Å². The van der Waals surface area contributed by atoms with Crippen molar-refractivity contribution in [1.82, 2.24) is 9.97 Å². The van der Waals surface area contributed by atoms with Gasteiger partial charge in [0, 0.05) is 0 Å². The molecule has 5 heteroatoms. The molecule has 0 saturated heterocycles. The van der Waals surface area contributed by atoms with Gasteiger partial charge in [0.05, 0.1) is 18.3 Å². The molecule has 1 N–H and O–H groups in total. The molecule has 0 amide bonds. The first kappa shape index (κ1) is 11.6. The Morgan fingerprint density at radius 2 is 1.80 bits per heavy atom. The van der Waals surface area contributed by atoms with Crippen molar-refractivity contribution in [3.8, 4) is 11.8 Å². The second-order valence-electron chi connectivity index (χ2n) is 3.72. The molecule has 0 fully saturated rings. The number of nitrogens with zero attached hydrogens (tertiary/aromatic N) is 1. The van der Waals surface area contributed by atoms with E-state index < -0.39 is 5.69 Å². The summed E-state index contributed by atoms with van der Waals surface area (Å²) in [7, 11) is 0. The number of aromatic amines is 1. The van der Waals surface area contributed by atoms with Gasteiger partial charge in [0.1, 0.15) is 0 Å². The van der Waals surface area contributed by atoms with Crippen molar-refractivity contribution in [1.29, 1.82) is 0 Å². The van der Waals surface area contributed by atoms with Gasteiger partial charge >= 0.3 is 5.69 Å². The Hall–Kier alpha value is -1.52. The van der Waals surface area contributed by atoms with E-state index in [2.05, 4.69) is 9.97 Å². The van der Waals surface area contributed by atoms with Crippen molar-refractivity contribution in [2.75, 3.05) is 0 Å². The van der Waals surface area contributed by atoms with E-state index in [0.29, 0.717) is 5.88 Å². The Balaban J connectivity index is 2.90. The molecular formula is C10H16N2O3. The monoisotopic (exact) mass is 212 g/mol. The second kappa shape index (κ2) is 4.82. The van der Waals surface area contributed by atoms with Crippen LogP contribution in [0.4, 0.5) is 0 Å². The van der Waals surface area contributed by atoms with E-state index in [9.17, 15) is 4.79 Å². The molecule has 1 aromatic rings. The molecule has 0 saturated carbocycles. The summed E-state index contributed by atoms with van der Waals surface area (Å²) in [6, 6.07) is 1.57. The van der Waals surface area contributed by atoms with Gasteiger partial charge in [0.2, 0.25) is 11.8 Å². The smallest absolute Gasteiger partial charge is 0.351 e. The minimum atomic E-state index is -0.469. The maximum absolute atomic E-state index is 11.1. The van der Waals surface area contributed by atoms with Crippen LogP contribution in [0.25, 0.3) is 0 Å². The highest BCUT2D eigenvalue weighted by Gasteiger charge is 2.05. The maximum atomic E-state index is 11.1. The third-order valence-corrected chi connectivity index (χ3v) is 1.42. The van der Waals surface area contributed by atoms with Gasteiger partial charge in [-0.05, 0) is 27.7 Å². The lowest BCUT2D eigenvalue weighted by Gasteiger charge is -2.11. The van der Waals surface area contributed by atoms with Crippen molar-refractivity contribution >= 4 is 0 Å². The van der Waals surface area contributed by atoms with Gasteiger partial charge in [-0.1, -0.05) is 0 Å². The number of H-pyrrole nitrogens is 1. The number of hydrogen-bond acceptors (Lipinski definition) is 4. The van der Waals surface area contributed by atoms with Crippen molar-refractivity contribution in [3.63, 3.8) is 0 Å². The van der Waals surface area contributed by atoms with Crippen LogP contribution in [0.15, 0.2) is 10.9 Å². The normalized spacial score (nSPS) is 10.8. The van der Waals surface area contributed by atoms with Crippen molar-refractivity contribution in [2.24, 2.45) is 0 Å². The van der Waals surface area contributed by atoms with Crippen LogP contribution in [0.5, 0.6) is 11.8 Å². The third-order valence-electron chi connectivity index (χ3n) is 1.42. The van der Waals surface area contributed by atoms with Gasteiger partial charge in [-0.3, -0.25) is 4.98 Å². The highest BCUT2D eigenvalue weighted by atomic mass is 16.5. The molecule has 15 heavy (non-hydrogen) atoms. The Morgan fingerprint density at radius 3 is 2.33 bits per heavy atom. The lowest BCUT2D eigenvalue weighted by atomic mass is 10.4. The Labute approximate surface area is 88.4 Å². The van der Waals surface area contributed by atoms with Crippen LogP contribution in [0.3, 0.4) is 0 Å². The summed E-state index contributed by atoms with van der Waals surface area (Å²) >= 11 is 0. The standard InChI is InChI=1S/C10H16N2O3/c1-6(2)14-8-5-9(15-7(3)4)12-10(13)11-8/h5-7H,1-4H3,(H,11,12,13). The lowest BCUT2D eigenvalue weighted by Crippen LogP contribution is -2.17. The summed E-state index contributed by atoms with van der Waals surface area (Å²) in [6.45, 7) is 7.49. The van der Waals surface area contributed by atoms with Gasteiger partial charge in [0.25, 0.3) is 0 Å². The van der Waals surface area contributed by atoms with Crippen LogP contribution in [-0.4, -0.2) is 22.2 Å². The molecule has 0 aliphatic carbocycles. The molecule has 0 aliphatic heterocycles. The molecule has 1 rings (SSSR count). The molecule has 0 atom stereocenters. The fourth-order valence-electron chi connectivity index (χ4n) is 1.03. The van der Waals surface area contributed by atoms with Gasteiger partial charge in [0.15, 0.2) is 0 Å². The first-order valence-corrected chi connectivity index (χ1v) is 4.92. The van der Waals surface area contributed by atoms with E-state index in [1.807, 2.05) is 27.7 Å². The summed E-state index contributed by atoms with van der Waals surface area (Å²) in [5.41, 5.74) is -0.469. The molecule has 5 nitrogen and oxygen atoms in total. The molecule has 0 bridgehead atoms. The Bertz CT molecular complexity index is 340. The fourth-order valence-corrected chi connectivity index (χ4v) is 1.03. The quantitative estimate of drug-likeness (QED) is 0.818. The zero-order valence-electron chi connectivity index (χ0n) is 9.40. The van der Waals surface area contributed by atoms with E-state index in [0.717, 1.165) is 0 Å². The predicted octanol–water partition coefficient (Wildman–Crippen LogP) is 1.34. The van der Waals surface area contributed by atoms with Crippen LogP contribution >= 0.6 is 0 Å². The topological polar surface area (TPSA) is 64.2 Å². The van der Waals surface area contributed by atoms with Crippen molar-refractivity contribution in [3.05, 3.63) is 16.6 Å². The Kier molecular flexibility index (Phi) is 3.71. The molecule has 1 heterocycles. The van der Waals surface area contributed by atoms with E-state index in [1.54, 1.807) is 6.07 Å². The van der Waals surface area contributed by atoms with Crippen LogP contribution in [-0.2, 0) is 0 Å². The fraction of sp³-hybridized carbons (Fsp3) is 0.600. The molecule has 1 aromatic heterocycles. The maximum Gasteiger partial charge on any atom is 0.351 e. The summed E-state index contributed by atoms with van der Waals surface area (Å²) in [5.74, 6) is 0.657. The molecule has 0 aliphatic rings. The number of ether oxygens (including phenoxy) is 2. The average molecular weight is 212 g/mol. The Morgan fingerprint density at radius 1 is 1.20 bits per heavy atom. The summed E-state index contributed by atoms with van der Waals surface area (Å²) in [4.78, 5) is 17.3. The predicted molar refractivity (Wildman–Crippen MR) is 56.4 cm³/mol. The molecule has 0 aromatic carbocycles. The third kappa shape index (κ3) is 4.01. The van der Waals surface area contributed by atoms with E-state index in [-0.39, 0.29) is 18.1 Å². The van der Waals surface area contributed by atoms with Crippen molar-refractivity contribution < 1.29 is 9.47 Å². The van der Waals surface area contributed by atoms with Crippen LogP contribution < -0.4 is 15.2 Å². The zero-order valence-corrected chi connectivity index (χ0v) is 9.40. The number of rotatable bonds is 4. The minimum Gasteiger partial charge on any atom is -0.476 e. The van der Waals surface area contributed by atoms with Gasteiger partial charge in [-0.2, -0.15) is 4.98 Å². The first-order chi connectivity index (χ1) is 6.97. The SMILES string of the molecule is CC(C)Oc1cc(OC(C)C)[nH]c(=O)n1. The summed E-state index contributed by atoms with van der Waals surface area (Å²) in [6.07, 6.45) is -0.0267. The number of hydrogen-bond donors (Lipinski definition) is 1. The van der Waals surface area contributed by atoms with E-state index >= 15 is 0 Å². The molecule has 0 radical (unpaired) electrons. The minimum absolute atomic E-state index is 0.00468.